The first-order valence-corrected chi connectivity index (χ1v) is 16.0. The van der Waals surface area contributed by atoms with Crippen molar-refractivity contribution in [2.75, 3.05) is 5.32 Å². The molecule has 0 fully saturated rings. The second-order valence-corrected chi connectivity index (χ2v) is 12.6. The van der Waals surface area contributed by atoms with Crippen molar-refractivity contribution in [1.29, 1.82) is 0 Å². The molecule has 0 amide bonds. The summed E-state index contributed by atoms with van der Waals surface area (Å²) in [4.78, 5) is 0. The fourth-order valence-electron chi connectivity index (χ4n) is 6.68. The molecule has 5 N–H and O–H groups in total. The third-order valence-electron chi connectivity index (χ3n) is 9.16. The topological polar surface area (TPSA) is 62.1 Å². The Bertz CT molecular complexity index is 1930. The van der Waals surface area contributed by atoms with Crippen LogP contribution in [0.25, 0.3) is 22.3 Å². The van der Waals surface area contributed by atoms with E-state index in [4.69, 9.17) is 5.73 Å². The molecule has 0 aromatic heterocycles. The van der Waals surface area contributed by atoms with Gasteiger partial charge in [-0.25, -0.2) is 0 Å². The van der Waals surface area contributed by atoms with Gasteiger partial charge in [0.05, 0.1) is 12.3 Å². The smallest absolute Gasteiger partial charge is 0.0853 e. The van der Waals surface area contributed by atoms with Crippen LogP contribution in [-0.2, 0) is 12.0 Å². The highest BCUT2D eigenvalue weighted by Gasteiger charge is 2.36. The average Bonchev–Trinajstić information content (AvgIpc) is 3.33. The van der Waals surface area contributed by atoms with E-state index in [2.05, 4.69) is 157 Å². The molecule has 6 aromatic rings. The number of nitrogens with two attached hydrogens (primary N) is 1. The minimum atomic E-state index is -0.337. The van der Waals surface area contributed by atoms with Crippen molar-refractivity contribution < 1.29 is 0 Å². The summed E-state index contributed by atoms with van der Waals surface area (Å²) in [6.07, 6.45) is -0.519. The van der Waals surface area contributed by atoms with Gasteiger partial charge in [-0.15, -0.1) is 0 Å². The standard InChI is InChI=1S/C42H40N4/c1-42(2)37-24-13-12-23-34(37)36-27-39(35(26-38(36)42)30-17-8-4-9-18-30)45-33-22-14-21-32(25-33)41(44-28-29-15-6-3-7-16-29)46-40(43)31-19-10-5-11-20-31/h3-27,40-41,44-46H,28,43H2,1-2H3. The molecule has 4 heteroatoms. The van der Waals surface area contributed by atoms with Gasteiger partial charge in [0.25, 0.3) is 0 Å². The zero-order valence-corrected chi connectivity index (χ0v) is 26.4. The molecule has 1 aliphatic carbocycles. The normalized spacial score (nSPS) is 14.2. The van der Waals surface area contributed by atoms with Gasteiger partial charge in [-0.1, -0.05) is 141 Å². The maximum atomic E-state index is 6.69. The molecule has 0 bridgehead atoms. The van der Waals surface area contributed by atoms with Crippen LogP contribution >= 0.6 is 0 Å². The van der Waals surface area contributed by atoms with Gasteiger partial charge in [-0.05, 0) is 68.8 Å². The summed E-state index contributed by atoms with van der Waals surface area (Å²) in [6.45, 7) is 5.37. The number of hydrogen-bond donors (Lipinski definition) is 4. The second-order valence-electron chi connectivity index (χ2n) is 12.6. The van der Waals surface area contributed by atoms with Crippen LogP contribution in [0.5, 0.6) is 0 Å². The Balaban J connectivity index is 1.25. The van der Waals surface area contributed by atoms with E-state index in [0.29, 0.717) is 6.54 Å². The predicted octanol–water partition coefficient (Wildman–Crippen LogP) is 9.44. The lowest BCUT2D eigenvalue weighted by Gasteiger charge is -2.26. The molecule has 0 aliphatic heterocycles. The Kier molecular flexibility index (Phi) is 8.25. The van der Waals surface area contributed by atoms with Gasteiger partial charge in [0.15, 0.2) is 0 Å². The van der Waals surface area contributed by atoms with Crippen LogP contribution in [-0.4, -0.2) is 0 Å². The molecule has 0 radical (unpaired) electrons. The van der Waals surface area contributed by atoms with Gasteiger partial charge in [-0.3, -0.25) is 10.6 Å². The van der Waals surface area contributed by atoms with Crippen LogP contribution in [0.3, 0.4) is 0 Å². The summed E-state index contributed by atoms with van der Waals surface area (Å²) in [5.74, 6) is 0. The van der Waals surface area contributed by atoms with E-state index in [9.17, 15) is 0 Å². The SMILES string of the molecule is CC1(C)c2ccccc2-c2cc(Nc3cccc(C(NCc4ccccc4)NC(N)c4ccccc4)c3)c(-c3ccccc3)cc21. The van der Waals surface area contributed by atoms with Crippen molar-refractivity contribution >= 4 is 11.4 Å². The first-order chi connectivity index (χ1) is 22.5. The summed E-state index contributed by atoms with van der Waals surface area (Å²) in [5.41, 5.74) is 19.8. The summed E-state index contributed by atoms with van der Waals surface area (Å²) in [5, 5.41) is 11.2. The van der Waals surface area contributed by atoms with Crippen LogP contribution < -0.4 is 21.7 Å². The van der Waals surface area contributed by atoms with Gasteiger partial charge < -0.3 is 11.1 Å². The van der Waals surface area contributed by atoms with E-state index < -0.39 is 0 Å². The highest BCUT2D eigenvalue weighted by Crippen LogP contribution is 2.51. The third kappa shape index (κ3) is 5.99. The fourth-order valence-corrected chi connectivity index (χ4v) is 6.68. The first kappa shape index (κ1) is 29.7. The molecule has 7 rings (SSSR count). The maximum absolute atomic E-state index is 6.69. The number of nitrogens with one attached hydrogen (secondary N) is 3. The Hall–Kier alpha value is -5.00. The van der Waals surface area contributed by atoms with E-state index in [1.807, 2.05) is 24.3 Å². The largest absolute Gasteiger partial charge is 0.355 e. The minimum absolute atomic E-state index is 0.0747. The maximum Gasteiger partial charge on any atom is 0.0853 e. The van der Waals surface area contributed by atoms with E-state index in [0.717, 1.165) is 22.5 Å². The Morgan fingerprint density at radius 3 is 2.00 bits per heavy atom. The molecule has 46 heavy (non-hydrogen) atoms. The molecule has 228 valence electrons. The van der Waals surface area contributed by atoms with Crippen LogP contribution in [0.1, 0.15) is 54.0 Å². The quantitative estimate of drug-likeness (QED) is 0.118. The van der Waals surface area contributed by atoms with Crippen LogP contribution in [0.2, 0.25) is 0 Å². The second kappa shape index (κ2) is 12.8. The van der Waals surface area contributed by atoms with Crippen LogP contribution in [0.15, 0.2) is 152 Å². The van der Waals surface area contributed by atoms with E-state index in [1.165, 1.54) is 38.9 Å². The molecular formula is C42H40N4. The molecular weight excluding hydrogens is 560 g/mol. The molecule has 2 unspecified atom stereocenters. The molecule has 6 aromatic carbocycles. The highest BCUT2D eigenvalue weighted by atomic mass is 15.2. The van der Waals surface area contributed by atoms with Gasteiger partial charge in [-0.2, -0.15) is 0 Å². The number of fused-ring (bicyclic) bond motifs is 3. The van der Waals surface area contributed by atoms with Crippen molar-refractivity contribution in [3.05, 3.63) is 179 Å². The van der Waals surface area contributed by atoms with Gasteiger partial charge in [0, 0.05) is 28.9 Å². The van der Waals surface area contributed by atoms with Crippen molar-refractivity contribution in [3.8, 4) is 22.3 Å². The molecule has 0 saturated carbocycles. The number of hydrogen-bond acceptors (Lipinski definition) is 4. The zero-order valence-electron chi connectivity index (χ0n) is 26.4. The Labute approximate surface area is 272 Å². The Morgan fingerprint density at radius 2 is 1.24 bits per heavy atom. The van der Waals surface area contributed by atoms with Gasteiger partial charge in [0.1, 0.15) is 0 Å². The van der Waals surface area contributed by atoms with Crippen molar-refractivity contribution in [3.63, 3.8) is 0 Å². The van der Waals surface area contributed by atoms with E-state index >= 15 is 0 Å². The lowest BCUT2D eigenvalue weighted by atomic mass is 9.81. The summed E-state index contributed by atoms with van der Waals surface area (Å²) >= 11 is 0. The molecule has 0 spiro atoms. The zero-order chi connectivity index (χ0) is 31.5. The average molecular weight is 601 g/mol. The predicted molar refractivity (Wildman–Crippen MR) is 192 cm³/mol. The summed E-state index contributed by atoms with van der Waals surface area (Å²) in [7, 11) is 0. The van der Waals surface area contributed by atoms with Crippen LogP contribution in [0, 0.1) is 0 Å². The van der Waals surface area contributed by atoms with Crippen molar-refractivity contribution in [1.82, 2.24) is 10.6 Å². The van der Waals surface area contributed by atoms with Crippen molar-refractivity contribution in [2.45, 2.75) is 38.1 Å². The summed E-state index contributed by atoms with van der Waals surface area (Å²) < 4.78 is 0. The van der Waals surface area contributed by atoms with E-state index in [-0.39, 0.29) is 17.7 Å². The lowest BCUT2D eigenvalue weighted by Crippen LogP contribution is -2.39. The Morgan fingerprint density at radius 1 is 0.587 bits per heavy atom. The monoisotopic (exact) mass is 600 g/mol. The van der Waals surface area contributed by atoms with Crippen LogP contribution in [0.4, 0.5) is 11.4 Å². The highest BCUT2D eigenvalue weighted by molar-refractivity contribution is 5.91. The number of rotatable bonds is 10. The summed E-state index contributed by atoms with van der Waals surface area (Å²) in [6, 6.07) is 53.4. The number of benzene rings is 6. The number of anilines is 2. The first-order valence-electron chi connectivity index (χ1n) is 16.0. The molecule has 2 atom stereocenters. The molecule has 0 heterocycles. The minimum Gasteiger partial charge on any atom is -0.355 e. The molecule has 4 nitrogen and oxygen atoms in total. The van der Waals surface area contributed by atoms with Gasteiger partial charge >= 0.3 is 0 Å². The molecule has 1 aliphatic rings. The van der Waals surface area contributed by atoms with Crippen molar-refractivity contribution in [2.24, 2.45) is 5.73 Å². The third-order valence-corrected chi connectivity index (χ3v) is 9.16. The lowest BCUT2D eigenvalue weighted by molar-refractivity contribution is 0.386. The fraction of sp³-hybridized carbons (Fsp3) is 0.143. The van der Waals surface area contributed by atoms with E-state index in [1.54, 1.807) is 0 Å². The molecule has 0 saturated heterocycles. The van der Waals surface area contributed by atoms with Gasteiger partial charge in [0.2, 0.25) is 0 Å².